The zero-order valence-electron chi connectivity index (χ0n) is 13.0. The summed E-state index contributed by atoms with van der Waals surface area (Å²) in [5.41, 5.74) is 10.8. The van der Waals surface area contributed by atoms with Gasteiger partial charge in [0.1, 0.15) is 0 Å². The molecule has 0 unspecified atom stereocenters. The molecule has 0 amide bonds. The molecule has 2 N–H and O–H groups in total. The number of hydrogen-bond acceptors (Lipinski definition) is 3. The summed E-state index contributed by atoms with van der Waals surface area (Å²) in [6, 6.07) is 26.0. The summed E-state index contributed by atoms with van der Waals surface area (Å²) >= 11 is 0. The van der Waals surface area contributed by atoms with Crippen LogP contribution in [0.3, 0.4) is 0 Å². The van der Waals surface area contributed by atoms with Gasteiger partial charge in [0.25, 0.3) is 0 Å². The smallest absolute Gasteiger partial charge is 0.227 e. The largest absolute Gasteiger partial charge is 0.436 e. The van der Waals surface area contributed by atoms with Gasteiger partial charge < -0.3 is 10.2 Å². The number of aromatic nitrogens is 1. The first-order chi connectivity index (χ1) is 11.8. The molecule has 24 heavy (non-hydrogen) atoms. The predicted molar refractivity (Wildman–Crippen MR) is 97.2 cm³/mol. The Balaban J connectivity index is 1.81. The van der Waals surface area contributed by atoms with Crippen LogP contribution in [0, 0.1) is 0 Å². The van der Waals surface area contributed by atoms with Crippen LogP contribution in [0.2, 0.25) is 0 Å². The van der Waals surface area contributed by atoms with E-state index in [4.69, 9.17) is 10.2 Å². The van der Waals surface area contributed by atoms with E-state index in [0.29, 0.717) is 17.3 Å². The topological polar surface area (TPSA) is 52.0 Å². The maximum absolute atomic E-state index is 6.03. The third-order valence-corrected chi connectivity index (χ3v) is 3.97. The molecule has 3 nitrogen and oxygen atoms in total. The van der Waals surface area contributed by atoms with Crippen molar-refractivity contribution >= 4 is 5.69 Å². The zero-order chi connectivity index (χ0) is 16.4. The standard InChI is InChI=1S/C21H16N2O/c22-19-13-7-6-12-18(19)20-14-23-21(24-20)17-11-5-4-10-16(17)15-8-2-1-3-9-15/h1-14H,22H2. The second kappa shape index (κ2) is 6.05. The minimum Gasteiger partial charge on any atom is -0.436 e. The molecule has 116 valence electrons. The van der Waals surface area contributed by atoms with Crippen LogP contribution in [0.4, 0.5) is 5.69 Å². The highest BCUT2D eigenvalue weighted by molar-refractivity contribution is 5.81. The second-order valence-electron chi connectivity index (χ2n) is 5.53. The lowest BCUT2D eigenvalue weighted by Gasteiger charge is -2.06. The van der Waals surface area contributed by atoms with Gasteiger partial charge in [0.15, 0.2) is 5.76 Å². The first-order valence-electron chi connectivity index (χ1n) is 7.78. The number of rotatable bonds is 3. The molecule has 3 aromatic carbocycles. The Morgan fingerprint density at radius 2 is 1.29 bits per heavy atom. The Labute approximate surface area is 140 Å². The van der Waals surface area contributed by atoms with E-state index in [2.05, 4.69) is 23.2 Å². The molecule has 0 aliphatic rings. The van der Waals surface area contributed by atoms with E-state index in [9.17, 15) is 0 Å². The fraction of sp³-hybridized carbons (Fsp3) is 0. The highest BCUT2D eigenvalue weighted by Crippen LogP contribution is 2.34. The van der Waals surface area contributed by atoms with Crippen molar-refractivity contribution in [3.63, 3.8) is 0 Å². The zero-order valence-corrected chi connectivity index (χ0v) is 13.0. The summed E-state index contributed by atoms with van der Waals surface area (Å²) in [6.45, 7) is 0. The van der Waals surface area contributed by atoms with Gasteiger partial charge >= 0.3 is 0 Å². The maximum Gasteiger partial charge on any atom is 0.227 e. The van der Waals surface area contributed by atoms with Crippen LogP contribution in [0.25, 0.3) is 33.9 Å². The first-order valence-corrected chi connectivity index (χ1v) is 7.78. The summed E-state index contributed by atoms with van der Waals surface area (Å²) in [5, 5.41) is 0. The van der Waals surface area contributed by atoms with Gasteiger partial charge in [0.2, 0.25) is 5.89 Å². The molecule has 3 heteroatoms. The molecule has 0 saturated carbocycles. The molecule has 1 aromatic heterocycles. The van der Waals surface area contributed by atoms with E-state index in [1.165, 1.54) is 0 Å². The number of anilines is 1. The summed E-state index contributed by atoms with van der Waals surface area (Å²) in [5.74, 6) is 1.26. The van der Waals surface area contributed by atoms with Gasteiger partial charge in [-0.1, -0.05) is 60.7 Å². The molecule has 4 aromatic rings. The molecule has 0 spiro atoms. The quantitative estimate of drug-likeness (QED) is 0.525. The molecule has 0 atom stereocenters. The third kappa shape index (κ3) is 2.57. The summed E-state index contributed by atoms with van der Waals surface area (Å²) in [6.07, 6.45) is 1.72. The molecule has 0 radical (unpaired) electrons. The third-order valence-electron chi connectivity index (χ3n) is 3.97. The van der Waals surface area contributed by atoms with Gasteiger partial charge in [-0.3, -0.25) is 0 Å². The van der Waals surface area contributed by atoms with Gasteiger partial charge in [-0.15, -0.1) is 0 Å². The average Bonchev–Trinajstić information content (AvgIpc) is 3.12. The number of oxazole rings is 1. The van der Waals surface area contributed by atoms with Crippen LogP contribution in [0.1, 0.15) is 0 Å². The van der Waals surface area contributed by atoms with E-state index in [1.807, 2.05) is 60.7 Å². The molecule has 0 aliphatic carbocycles. The molecular weight excluding hydrogens is 296 g/mol. The lowest BCUT2D eigenvalue weighted by molar-refractivity contribution is 0.589. The summed E-state index contributed by atoms with van der Waals surface area (Å²) in [7, 11) is 0. The van der Waals surface area contributed by atoms with Crippen LogP contribution in [-0.2, 0) is 0 Å². The predicted octanol–water partition coefficient (Wildman–Crippen LogP) is 5.26. The van der Waals surface area contributed by atoms with E-state index in [-0.39, 0.29) is 0 Å². The summed E-state index contributed by atoms with van der Waals surface area (Å²) in [4.78, 5) is 4.47. The first kappa shape index (κ1) is 14.3. The lowest BCUT2D eigenvalue weighted by atomic mass is 10.00. The fourth-order valence-corrected chi connectivity index (χ4v) is 2.78. The van der Waals surface area contributed by atoms with Gasteiger partial charge in [-0.25, -0.2) is 4.98 Å². The van der Waals surface area contributed by atoms with Crippen molar-refractivity contribution in [3.8, 4) is 33.9 Å². The average molecular weight is 312 g/mol. The van der Waals surface area contributed by atoms with E-state index in [0.717, 1.165) is 22.3 Å². The molecule has 0 bridgehead atoms. The molecular formula is C21H16N2O. The van der Waals surface area contributed by atoms with E-state index >= 15 is 0 Å². The molecule has 0 fully saturated rings. The molecule has 1 heterocycles. The minimum atomic E-state index is 0.590. The van der Waals surface area contributed by atoms with Gasteiger partial charge in [-0.2, -0.15) is 0 Å². The van der Waals surface area contributed by atoms with Crippen molar-refractivity contribution in [2.45, 2.75) is 0 Å². The molecule has 0 aliphatic heterocycles. The maximum atomic E-state index is 6.03. The monoisotopic (exact) mass is 312 g/mol. The number of para-hydroxylation sites is 1. The van der Waals surface area contributed by atoms with Crippen molar-refractivity contribution in [2.24, 2.45) is 0 Å². The Bertz CT molecular complexity index is 974. The SMILES string of the molecule is Nc1ccccc1-c1cnc(-c2ccccc2-c2ccccc2)o1. The Morgan fingerprint density at radius 3 is 2.04 bits per heavy atom. The van der Waals surface area contributed by atoms with Crippen molar-refractivity contribution in [2.75, 3.05) is 5.73 Å². The van der Waals surface area contributed by atoms with Gasteiger partial charge in [0.05, 0.1) is 6.20 Å². The lowest BCUT2D eigenvalue weighted by Crippen LogP contribution is -1.87. The second-order valence-corrected chi connectivity index (χ2v) is 5.53. The number of nitrogens with zero attached hydrogens (tertiary/aromatic N) is 1. The molecule has 0 saturated heterocycles. The van der Waals surface area contributed by atoms with Gasteiger partial charge in [0, 0.05) is 16.8 Å². The normalized spacial score (nSPS) is 10.7. The van der Waals surface area contributed by atoms with Crippen LogP contribution < -0.4 is 5.73 Å². The number of hydrogen-bond donors (Lipinski definition) is 1. The van der Waals surface area contributed by atoms with E-state index < -0.39 is 0 Å². The Hall–Kier alpha value is -3.33. The van der Waals surface area contributed by atoms with Crippen molar-refractivity contribution in [3.05, 3.63) is 85.1 Å². The highest BCUT2D eigenvalue weighted by Gasteiger charge is 2.14. The van der Waals surface area contributed by atoms with Crippen LogP contribution in [0.15, 0.2) is 89.5 Å². The number of nitrogens with two attached hydrogens (primary N) is 1. The van der Waals surface area contributed by atoms with Crippen molar-refractivity contribution < 1.29 is 4.42 Å². The Morgan fingerprint density at radius 1 is 0.667 bits per heavy atom. The van der Waals surface area contributed by atoms with Crippen LogP contribution in [0.5, 0.6) is 0 Å². The fourth-order valence-electron chi connectivity index (χ4n) is 2.78. The number of nitrogen functional groups attached to an aromatic ring is 1. The summed E-state index contributed by atoms with van der Waals surface area (Å²) < 4.78 is 6.01. The van der Waals surface area contributed by atoms with Gasteiger partial charge in [-0.05, 0) is 29.3 Å². The van der Waals surface area contributed by atoms with Crippen LogP contribution in [-0.4, -0.2) is 4.98 Å². The molecule has 4 rings (SSSR count). The minimum absolute atomic E-state index is 0.590. The Kier molecular flexibility index (Phi) is 3.60. The van der Waals surface area contributed by atoms with Crippen molar-refractivity contribution in [1.29, 1.82) is 0 Å². The van der Waals surface area contributed by atoms with Crippen LogP contribution >= 0.6 is 0 Å². The van der Waals surface area contributed by atoms with E-state index in [1.54, 1.807) is 6.20 Å². The van der Waals surface area contributed by atoms with Crippen molar-refractivity contribution in [1.82, 2.24) is 4.98 Å². The highest BCUT2D eigenvalue weighted by atomic mass is 16.4. The number of benzene rings is 3.